The molecule has 1 heterocycles. The van der Waals surface area contributed by atoms with E-state index in [0.29, 0.717) is 17.5 Å². The number of amides is 1. The molecule has 1 unspecified atom stereocenters. The first-order chi connectivity index (χ1) is 11.1. The maximum atomic E-state index is 12.3. The summed E-state index contributed by atoms with van der Waals surface area (Å²) in [5.41, 5.74) is 2.13. The smallest absolute Gasteiger partial charge is 0.268 e. The third-order valence-electron chi connectivity index (χ3n) is 5.24. The molecule has 0 radical (unpaired) electrons. The molecule has 0 spiro atoms. The summed E-state index contributed by atoms with van der Waals surface area (Å²) < 4.78 is 0.855. The van der Waals surface area contributed by atoms with Gasteiger partial charge in [-0.05, 0) is 59.2 Å². The standard InChI is InChI=1S/C17H18BrN3O2/c1-8-6-7-11-13(14(8)18)15(17(23)19-11)20-21-16(22)12-9-4-2-3-5-10(9)12/h6-7,9-10,12,19,23H,2-5H2,1H3/t9-,10+,12?. The van der Waals surface area contributed by atoms with E-state index in [1.54, 1.807) is 0 Å². The number of aryl methyl sites for hydroxylation is 1. The molecule has 120 valence electrons. The third-order valence-corrected chi connectivity index (χ3v) is 6.26. The van der Waals surface area contributed by atoms with Crippen molar-refractivity contribution in [2.45, 2.75) is 32.6 Å². The van der Waals surface area contributed by atoms with E-state index in [1.807, 2.05) is 19.1 Å². The first-order valence-corrected chi connectivity index (χ1v) is 8.82. The van der Waals surface area contributed by atoms with Gasteiger partial charge >= 0.3 is 0 Å². The fourth-order valence-corrected chi connectivity index (χ4v) is 4.48. The van der Waals surface area contributed by atoms with E-state index in [0.717, 1.165) is 33.8 Å². The van der Waals surface area contributed by atoms with Crippen LogP contribution in [0.3, 0.4) is 0 Å². The van der Waals surface area contributed by atoms with Crippen LogP contribution in [0.5, 0.6) is 5.88 Å². The molecule has 2 fully saturated rings. The maximum Gasteiger partial charge on any atom is 0.268 e. The number of azo groups is 1. The van der Waals surface area contributed by atoms with Crippen molar-refractivity contribution in [2.24, 2.45) is 28.0 Å². The first-order valence-electron chi connectivity index (χ1n) is 8.03. The van der Waals surface area contributed by atoms with Gasteiger partial charge in [-0.3, -0.25) is 4.79 Å². The largest absolute Gasteiger partial charge is 0.493 e. The second kappa shape index (κ2) is 5.44. The van der Waals surface area contributed by atoms with E-state index < -0.39 is 0 Å². The molecule has 1 aromatic heterocycles. The van der Waals surface area contributed by atoms with Crippen LogP contribution in [-0.2, 0) is 4.79 Å². The van der Waals surface area contributed by atoms with Gasteiger partial charge in [0.2, 0.25) is 5.88 Å². The van der Waals surface area contributed by atoms with Crippen LogP contribution in [0.4, 0.5) is 5.69 Å². The molecule has 0 aliphatic heterocycles. The highest BCUT2D eigenvalue weighted by Gasteiger charge is 2.54. The van der Waals surface area contributed by atoms with Gasteiger partial charge in [0.15, 0.2) is 5.69 Å². The van der Waals surface area contributed by atoms with Crippen LogP contribution in [0, 0.1) is 24.7 Å². The molecule has 6 heteroatoms. The number of benzene rings is 1. The van der Waals surface area contributed by atoms with Gasteiger partial charge in [-0.15, -0.1) is 10.2 Å². The van der Waals surface area contributed by atoms with Crippen LogP contribution in [0.25, 0.3) is 10.9 Å². The minimum atomic E-state index is -0.139. The number of hydrogen-bond donors (Lipinski definition) is 2. The van der Waals surface area contributed by atoms with Gasteiger partial charge in [-0.2, -0.15) is 0 Å². The van der Waals surface area contributed by atoms with Crippen LogP contribution in [0.15, 0.2) is 26.8 Å². The van der Waals surface area contributed by atoms with E-state index in [2.05, 4.69) is 31.1 Å². The molecule has 2 saturated carbocycles. The summed E-state index contributed by atoms with van der Waals surface area (Å²) >= 11 is 3.53. The summed E-state index contributed by atoms with van der Waals surface area (Å²) in [5.74, 6) is 0.885. The van der Waals surface area contributed by atoms with Crippen molar-refractivity contribution in [1.29, 1.82) is 0 Å². The summed E-state index contributed by atoms with van der Waals surface area (Å²) in [6, 6.07) is 3.83. The summed E-state index contributed by atoms with van der Waals surface area (Å²) in [6.45, 7) is 1.97. The predicted molar refractivity (Wildman–Crippen MR) is 90.9 cm³/mol. The van der Waals surface area contributed by atoms with Gasteiger partial charge in [0.1, 0.15) is 0 Å². The van der Waals surface area contributed by atoms with Crippen molar-refractivity contribution in [1.82, 2.24) is 4.98 Å². The van der Waals surface area contributed by atoms with Crippen LogP contribution in [-0.4, -0.2) is 16.0 Å². The lowest BCUT2D eigenvalue weighted by atomic mass is 10.0. The number of aromatic amines is 1. The van der Waals surface area contributed by atoms with E-state index in [4.69, 9.17) is 0 Å². The summed E-state index contributed by atoms with van der Waals surface area (Å²) in [7, 11) is 0. The van der Waals surface area contributed by atoms with Crippen molar-refractivity contribution < 1.29 is 9.90 Å². The molecule has 2 aromatic rings. The number of rotatable bonds is 2. The summed E-state index contributed by atoms with van der Waals surface area (Å²) in [4.78, 5) is 15.2. The van der Waals surface area contributed by atoms with Gasteiger partial charge < -0.3 is 10.1 Å². The Kier molecular flexibility index (Phi) is 3.52. The molecule has 4 rings (SSSR count). The lowest BCUT2D eigenvalue weighted by Gasteiger charge is -2.04. The summed E-state index contributed by atoms with van der Waals surface area (Å²) in [5, 5.41) is 18.8. The quantitative estimate of drug-likeness (QED) is 0.725. The summed E-state index contributed by atoms with van der Waals surface area (Å²) in [6.07, 6.45) is 4.72. The monoisotopic (exact) mass is 375 g/mol. The van der Waals surface area contributed by atoms with Gasteiger partial charge in [0, 0.05) is 15.8 Å². The van der Waals surface area contributed by atoms with E-state index in [9.17, 15) is 9.90 Å². The average Bonchev–Trinajstić information content (AvgIpc) is 3.18. The molecule has 0 bridgehead atoms. The van der Waals surface area contributed by atoms with Crippen molar-refractivity contribution in [3.8, 4) is 5.88 Å². The molecule has 2 aliphatic carbocycles. The zero-order valence-corrected chi connectivity index (χ0v) is 14.4. The molecule has 3 atom stereocenters. The molecular weight excluding hydrogens is 358 g/mol. The van der Waals surface area contributed by atoms with Crippen LogP contribution in [0.1, 0.15) is 31.2 Å². The molecule has 23 heavy (non-hydrogen) atoms. The number of carbonyl (C=O) groups is 1. The number of hydrogen-bond acceptors (Lipinski definition) is 3. The topological polar surface area (TPSA) is 77.8 Å². The number of halogens is 1. The van der Waals surface area contributed by atoms with E-state index in [-0.39, 0.29) is 17.7 Å². The SMILES string of the molecule is Cc1ccc2[nH]c(O)c(N=NC(=O)C3[C@H]4CCCC[C@@H]34)c2c1Br. The number of fused-ring (bicyclic) bond motifs is 2. The average molecular weight is 376 g/mol. The zero-order valence-electron chi connectivity index (χ0n) is 12.8. The van der Waals surface area contributed by atoms with Crippen molar-refractivity contribution in [2.75, 3.05) is 0 Å². The molecule has 1 aromatic carbocycles. The number of aromatic nitrogens is 1. The Balaban J connectivity index is 1.64. The van der Waals surface area contributed by atoms with Gasteiger partial charge in [0.05, 0.1) is 5.52 Å². The Labute approximate surface area is 142 Å². The first kappa shape index (κ1) is 14.9. The van der Waals surface area contributed by atoms with Crippen LogP contribution < -0.4 is 0 Å². The highest BCUT2D eigenvalue weighted by molar-refractivity contribution is 9.10. The second-order valence-electron chi connectivity index (χ2n) is 6.62. The Morgan fingerprint density at radius 2 is 2.00 bits per heavy atom. The van der Waals surface area contributed by atoms with Crippen LogP contribution >= 0.6 is 15.9 Å². The Hall–Kier alpha value is -1.69. The third kappa shape index (κ3) is 2.40. The number of nitrogens with zero attached hydrogens (tertiary/aromatic N) is 2. The van der Waals surface area contributed by atoms with Gasteiger partial charge in [0.25, 0.3) is 5.91 Å². The minimum Gasteiger partial charge on any atom is -0.493 e. The molecule has 5 nitrogen and oxygen atoms in total. The van der Waals surface area contributed by atoms with Crippen molar-refractivity contribution >= 4 is 38.4 Å². The van der Waals surface area contributed by atoms with Crippen LogP contribution in [0.2, 0.25) is 0 Å². The number of aromatic hydroxyl groups is 1. The predicted octanol–water partition coefficient (Wildman–Crippen LogP) is 4.99. The minimum absolute atomic E-state index is 0.0544. The number of carbonyl (C=O) groups excluding carboxylic acids is 1. The maximum absolute atomic E-state index is 12.3. The fraction of sp³-hybridized carbons (Fsp3) is 0.471. The van der Waals surface area contributed by atoms with Crippen molar-refractivity contribution in [3.05, 3.63) is 22.2 Å². The molecule has 2 N–H and O–H groups in total. The molecule has 0 saturated heterocycles. The van der Waals surface area contributed by atoms with E-state index in [1.165, 1.54) is 12.8 Å². The fourth-order valence-electron chi connectivity index (χ4n) is 3.94. The molecular formula is C17H18BrN3O2. The molecule has 2 aliphatic rings. The number of nitrogens with one attached hydrogen (secondary N) is 1. The van der Waals surface area contributed by atoms with Gasteiger partial charge in [-0.25, -0.2) is 0 Å². The highest BCUT2D eigenvalue weighted by atomic mass is 79.9. The van der Waals surface area contributed by atoms with Crippen molar-refractivity contribution in [3.63, 3.8) is 0 Å². The lowest BCUT2D eigenvalue weighted by Crippen LogP contribution is -1.97. The Morgan fingerprint density at radius 3 is 2.70 bits per heavy atom. The lowest BCUT2D eigenvalue weighted by molar-refractivity contribution is -0.120. The highest BCUT2D eigenvalue weighted by Crippen LogP contribution is 2.56. The normalized spacial score (nSPS) is 26.6. The second-order valence-corrected chi connectivity index (χ2v) is 7.41. The zero-order chi connectivity index (χ0) is 16.1. The molecule has 1 amide bonds. The Morgan fingerprint density at radius 1 is 1.30 bits per heavy atom. The van der Waals surface area contributed by atoms with E-state index >= 15 is 0 Å². The van der Waals surface area contributed by atoms with Gasteiger partial charge in [-0.1, -0.05) is 18.9 Å². The number of H-pyrrole nitrogens is 1. The Bertz CT molecular complexity index is 815.